The van der Waals surface area contributed by atoms with Gasteiger partial charge in [0.15, 0.2) is 0 Å². The standard InChI is InChI=1S/C13H20FNO/c1-2-8-16-9-7-11(10-15)12-5-3-4-6-13(12)14/h3-6,11H,2,7-10,15H2,1H3. The molecule has 0 bridgehead atoms. The summed E-state index contributed by atoms with van der Waals surface area (Å²) in [4.78, 5) is 0. The maximum absolute atomic E-state index is 13.5. The van der Waals surface area contributed by atoms with Crippen LogP contribution in [0.4, 0.5) is 4.39 Å². The minimum Gasteiger partial charge on any atom is -0.381 e. The molecule has 0 spiro atoms. The molecule has 0 saturated carbocycles. The predicted molar refractivity (Wildman–Crippen MR) is 63.9 cm³/mol. The second kappa shape index (κ2) is 7.36. The summed E-state index contributed by atoms with van der Waals surface area (Å²) < 4.78 is 18.9. The second-order valence-corrected chi connectivity index (χ2v) is 3.86. The van der Waals surface area contributed by atoms with Crippen LogP contribution in [0.5, 0.6) is 0 Å². The van der Waals surface area contributed by atoms with Crippen LogP contribution in [-0.4, -0.2) is 19.8 Å². The smallest absolute Gasteiger partial charge is 0.126 e. The summed E-state index contributed by atoms with van der Waals surface area (Å²) in [6.45, 7) is 3.92. The second-order valence-electron chi connectivity index (χ2n) is 3.86. The van der Waals surface area contributed by atoms with E-state index in [4.69, 9.17) is 10.5 Å². The molecule has 16 heavy (non-hydrogen) atoms. The van der Waals surface area contributed by atoms with Gasteiger partial charge >= 0.3 is 0 Å². The molecule has 1 unspecified atom stereocenters. The molecule has 0 heterocycles. The number of halogens is 1. The zero-order chi connectivity index (χ0) is 11.8. The van der Waals surface area contributed by atoms with Crippen molar-refractivity contribution in [3.63, 3.8) is 0 Å². The summed E-state index contributed by atoms with van der Waals surface area (Å²) in [5, 5.41) is 0. The quantitative estimate of drug-likeness (QED) is 0.724. The average Bonchev–Trinajstić information content (AvgIpc) is 2.31. The van der Waals surface area contributed by atoms with Crippen molar-refractivity contribution < 1.29 is 9.13 Å². The van der Waals surface area contributed by atoms with E-state index in [9.17, 15) is 4.39 Å². The molecule has 0 amide bonds. The van der Waals surface area contributed by atoms with Crippen LogP contribution in [0.15, 0.2) is 24.3 Å². The number of nitrogens with two attached hydrogens (primary N) is 1. The molecule has 0 radical (unpaired) electrons. The summed E-state index contributed by atoms with van der Waals surface area (Å²) in [7, 11) is 0. The lowest BCUT2D eigenvalue weighted by molar-refractivity contribution is 0.127. The highest BCUT2D eigenvalue weighted by Crippen LogP contribution is 2.21. The van der Waals surface area contributed by atoms with Gasteiger partial charge in [-0.25, -0.2) is 4.39 Å². The third-order valence-electron chi connectivity index (χ3n) is 2.59. The number of ether oxygens (including phenoxy) is 1. The summed E-state index contributed by atoms with van der Waals surface area (Å²) in [5.74, 6) is -0.119. The van der Waals surface area contributed by atoms with Crippen molar-refractivity contribution in [3.8, 4) is 0 Å². The van der Waals surface area contributed by atoms with Gasteiger partial charge in [-0.2, -0.15) is 0 Å². The molecule has 2 N–H and O–H groups in total. The van der Waals surface area contributed by atoms with Crippen molar-refractivity contribution >= 4 is 0 Å². The van der Waals surface area contributed by atoms with Crippen molar-refractivity contribution in [2.45, 2.75) is 25.7 Å². The average molecular weight is 225 g/mol. The maximum atomic E-state index is 13.5. The third kappa shape index (κ3) is 3.91. The van der Waals surface area contributed by atoms with Crippen LogP contribution < -0.4 is 5.73 Å². The van der Waals surface area contributed by atoms with E-state index in [0.29, 0.717) is 18.7 Å². The predicted octanol–water partition coefficient (Wildman–Crippen LogP) is 2.68. The van der Waals surface area contributed by atoms with Crippen molar-refractivity contribution in [1.29, 1.82) is 0 Å². The van der Waals surface area contributed by atoms with Gasteiger partial charge in [-0.3, -0.25) is 0 Å². The van der Waals surface area contributed by atoms with E-state index in [1.165, 1.54) is 6.07 Å². The summed E-state index contributed by atoms with van der Waals surface area (Å²) in [6.07, 6.45) is 1.78. The van der Waals surface area contributed by atoms with Crippen LogP contribution in [0.2, 0.25) is 0 Å². The first-order valence-electron chi connectivity index (χ1n) is 5.81. The molecule has 0 aromatic heterocycles. The van der Waals surface area contributed by atoms with E-state index in [1.54, 1.807) is 12.1 Å². The van der Waals surface area contributed by atoms with Gasteiger partial charge in [0.05, 0.1) is 0 Å². The van der Waals surface area contributed by atoms with Crippen molar-refractivity contribution in [2.24, 2.45) is 5.73 Å². The summed E-state index contributed by atoms with van der Waals surface area (Å²) in [6, 6.07) is 6.81. The minimum atomic E-state index is -0.173. The van der Waals surface area contributed by atoms with E-state index in [0.717, 1.165) is 19.4 Å². The molecule has 2 nitrogen and oxygen atoms in total. The zero-order valence-electron chi connectivity index (χ0n) is 9.79. The van der Waals surface area contributed by atoms with E-state index >= 15 is 0 Å². The van der Waals surface area contributed by atoms with Gasteiger partial charge in [-0.15, -0.1) is 0 Å². The van der Waals surface area contributed by atoms with Crippen LogP contribution in [-0.2, 0) is 4.74 Å². The molecular weight excluding hydrogens is 205 g/mol. The van der Waals surface area contributed by atoms with Gasteiger partial charge in [0, 0.05) is 19.1 Å². The molecular formula is C13H20FNO. The zero-order valence-corrected chi connectivity index (χ0v) is 9.79. The van der Waals surface area contributed by atoms with E-state index in [2.05, 4.69) is 6.92 Å². The van der Waals surface area contributed by atoms with Gasteiger partial charge in [0.25, 0.3) is 0 Å². The normalized spacial score (nSPS) is 12.7. The lowest BCUT2D eigenvalue weighted by atomic mass is 9.96. The maximum Gasteiger partial charge on any atom is 0.126 e. The Hall–Kier alpha value is -0.930. The highest BCUT2D eigenvalue weighted by Gasteiger charge is 2.13. The number of hydrogen-bond acceptors (Lipinski definition) is 2. The Morgan fingerprint density at radius 3 is 2.69 bits per heavy atom. The van der Waals surface area contributed by atoms with Crippen molar-refractivity contribution in [3.05, 3.63) is 35.6 Å². The first-order valence-corrected chi connectivity index (χ1v) is 5.81. The van der Waals surface area contributed by atoms with Crippen LogP contribution in [0.3, 0.4) is 0 Å². The summed E-state index contributed by atoms with van der Waals surface area (Å²) in [5.41, 5.74) is 6.37. The highest BCUT2D eigenvalue weighted by molar-refractivity contribution is 5.21. The van der Waals surface area contributed by atoms with Crippen LogP contribution in [0.25, 0.3) is 0 Å². The SMILES string of the molecule is CCCOCCC(CN)c1ccccc1F. The third-order valence-corrected chi connectivity index (χ3v) is 2.59. The molecule has 1 rings (SSSR count). The molecule has 1 aromatic carbocycles. The molecule has 0 aliphatic carbocycles. The van der Waals surface area contributed by atoms with Crippen LogP contribution >= 0.6 is 0 Å². The van der Waals surface area contributed by atoms with Gasteiger partial charge in [-0.1, -0.05) is 25.1 Å². The topological polar surface area (TPSA) is 35.2 Å². The van der Waals surface area contributed by atoms with E-state index < -0.39 is 0 Å². The Balaban J connectivity index is 2.51. The molecule has 0 aliphatic heterocycles. The lowest BCUT2D eigenvalue weighted by Crippen LogP contribution is -2.16. The van der Waals surface area contributed by atoms with Crippen LogP contribution in [0.1, 0.15) is 31.2 Å². The van der Waals surface area contributed by atoms with Gasteiger partial charge in [-0.05, 0) is 31.0 Å². The fraction of sp³-hybridized carbons (Fsp3) is 0.538. The van der Waals surface area contributed by atoms with E-state index in [1.807, 2.05) is 6.07 Å². The Labute approximate surface area is 96.6 Å². The molecule has 1 aromatic rings. The number of benzene rings is 1. The fourth-order valence-corrected chi connectivity index (χ4v) is 1.68. The Kier molecular flexibility index (Phi) is 6.04. The van der Waals surface area contributed by atoms with Crippen molar-refractivity contribution in [2.75, 3.05) is 19.8 Å². The number of rotatable bonds is 7. The first-order chi connectivity index (χ1) is 7.79. The van der Waals surface area contributed by atoms with Gasteiger partial charge < -0.3 is 10.5 Å². The molecule has 90 valence electrons. The Bertz CT molecular complexity index is 304. The fourth-order valence-electron chi connectivity index (χ4n) is 1.68. The Morgan fingerprint density at radius 2 is 2.06 bits per heavy atom. The lowest BCUT2D eigenvalue weighted by Gasteiger charge is -2.15. The largest absolute Gasteiger partial charge is 0.381 e. The first kappa shape index (κ1) is 13.1. The monoisotopic (exact) mass is 225 g/mol. The molecule has 0 aliphatic rings. The molecule has 1 atom stereocenters. The minimum absolute atomic E-state index is 0.0538. The van der Waals surface area contributed by atoms with Gasteiger partial charge in [0.1, 0.15) is 5.82 Å². The van der Waals surface area contributed by atoms with Gasteiger partial charge in [0.2, 0.25) is 0 Å². The van der Waals surface area contributed by atoms with Crippen molar-refractivity contribution in [1.82, 2.24) is 0 Å². The molecule has 0 saturated heterocycles. The van der Waals surface area contributed by atoms with E-state index in [-0.39, 0.29) is 11.7 Å². The van der Waals surface area contributed by atoms with Crippen LogP contribution in [0, 0.1) is 5.82 Å². The Morgan fingerprint density at radius 1 is 1.31 bits per heavy atom. The molecule has 0 fully saturated rings. The number of hydrogen-bond donors (Lipinski definition) is 1. The summed E-state index contributed by atoms with van der Waals surface area (Å²) >= 11 is 0. The highest BCUT2D eigenvalue weighted by atomic mass is 19.1. The molecule has 3 heteroatoms.